The molecule has 2 rings (SSSR count). The van der Waals surface area contributed by atoms with E-state index in [0.29, 0.717) is 6.54 Å². The van der Waals surface area contributed by atoms with Crippen molar-refractivity contribution < 1.29 is 9.53 Å². The molecule has 0 spiro atoms. The van der Waals surface area contributed by atoms with E-state index in [1.54, 1.807) is 0 Å². The SMILES string of the molecule is CN=C(NCCCNC(=O)OC(C)(C)C)N1CCc2ccccc2C1. The first-order valence-corrected chi connectivity index (χ1v) is 8.88. The third kappa shape index (κ3) is 6.29. The molecular formula is C19H30N4O2. The summed E-state index contributed by atoms with van der Waals surface area (Å²) in [5.41, 5.74) is 2.33. The molecule has 1 aliphatic heterocycles. The predicted molar refractivity (Wildman–Crippen MR) is 101 cm³/mol. The molecule has 6 heteroatoms. The zero-order valence-electron chi connectivity index (χ0n) is 15.8. The molecule has 6 nitrogen and oxygen atoms in total. The lowest BCUT2D eigenvalue weighted by molar-refractivity contribution is 0.0527. The lowest BCUT2D eigenvalue weighted by atomic mass is 10.0. The van der Waals surface area contributed by atoms with Gasteiger partial charge in [0.1, 0.15) is 5.60 Å². The number of carbonyl (C=O) groups excluding carboxylic acids is 1. The van der Waals surface area contributed by atoms with E-state index in [2.05, 4.69) is 44.8 Å². The van der Waals surface area contributed by atoms with Crippen LogP contribution in [0.15, 0.2) is 29.3 Å². The molecule has 0 unspecified atom stereocenters. The van der Waals surface area contributed by atoms with Gasteiger partial charge in [0.15, 0.2) is 5.96 Å². The fourth-order valence-electron chi connectivity index (χ4n) is 2.80. The monoisotopic (exact) mass is 346 g/mol. The van der Waals surface area contributed by atoms with E-state index in [0.717, 1.165) is 38.4 Å². The summed E-state index contributed by atoms with van der Waals surface area (Å²) in [5, 5.41) is 6.14. The molecule has 0 saturated heterocycles. The van der Waals surface area contributed by atoms with Gasteiger partial charge in [-0.15, -0.1) is 0 Å². The lowest BCUT2D eigenvalue weighted by Crippen LogP contribution is -2.44. The average molecular weight is 346 g/mol. The first-order chi connectivity index (χ1) is 11.9. The van der Waals surface area contributed by atoms with Gasteiger partial charge in [-0.3, -0.25) is 4.99 Å². The molecule has 0 bridgehead atoms. The van der Waals surface area contributed by atoms with Crippen LogP contribution in [0.4, 0.5) is 4.79 Å². The van der Waals surface area contributed by atoms with Gasteiger partial charge in [0, 0.05) is 33.2 Å². The second kappa shape index (κ2) is 8.74. The van der Waals surface area contributed by atoms with Gasteiger partial charge in [0.2, 0.25) is 0 Å². The molecule has 1 heterocycles. The van der Waals surface area contributed by atoms with Gasteiger partial charge in [-0.1, -0.05) is 24.3 Å². The molecule has 1 aromatic carbocycles. The van der Waals surface area contributed by atoms with Gasteiger partial charge in [-0.25, -0.2) is 4.79 Å². The molecular weight excluding hydrogens is 316 g/mol. The number of alkyl carbamates (subject to hydrolysis) is 1. The Hall–Kier alpha value is -2.24. The van der Waals surface area contributed by atoms with Crippen molar-refractivity contribution in [2.24, 2.45) is 4.99 Å². The summed E-state index contributed by atoms with van der Waals surface area (Å²) in [6.07, 6.45) is 1.48. The Morgan fingerprint density at radius 1 is 1.20 bits per heavy atom. The highest BCUT2D eigenvalue weighted by Gasteiger charge is 2.18. The average Bonchev–Trinajstić information content (AvgIpc) is 2.56. The molecule has 138 valence electrons. The molecule has 0 atom stereocenters. The Labute approximate surface area is 150 Å². The van der Waals surface area contributed by atoms with Gasteiger partial charge in [0.05, 0.1) is 0 Å². The Kier molecular flexibility index (Phi) is 6.67. The third-order valence-corrected chi connectivity index (χ3v) is 3.95. The van der Waals surface area contributed by atoms with E-state index in [4.69, 9.17) is 4.74 Å². The summed E-state index contributed by atoms with van der Waals surface area (Å²) in [6.45, 7) is 8.74. The van der Waals surface area contributed by atoms with E-state index >= 15 is 0 Å². The zero-order chi connectivity index (χ0) is 18.3. The van der Waals surface area contributed by atoms with Crippen molar-refractivity contribution in [1.82, 2.24) is 15.5 Å². The van der Waals surface area contributed by atoms with Gasteiger partial charge >= 0.3 is 6.09 Å². The number of nitrogens with one attached hydrogen (secondary N) is 2. The van der Waals surface area contributed by atoms with Crippen molar-refractivity contribution in [3.8, 4) is 0 Å². The number of guanidine groups is 1. The number of amides is 1. The highest BCUT2D eigenvalue weighted by molar-refractivity contribution is 5.80. The minimum absolute atomic E-state index is 0.371. The van der Waals surface area contributed by atoms with Crippen molar-refractivity contribution >= 4 is 12.1 Å². The number of hydrogen-bond donors (Lipinski definition) is 2. The highest BCUT2D eigenvalue weighted by atomic mass is 16.6. The molecule has 0 fully saturated rings. The molecule has 0 radical (unpaired) electrons. The van der Waals surface area contributed by atoms with E-state index in [1.165, 1.54) is 11.1 Å². The molecule has 0 aliphatic carbocycles. The molecule has 1 aromatic rings. The largest absolute Gasteiger partial charge is 0.444 e. The summed E-state index contributed by atoms with van der Waals surface area (Å²) in [4.78, 5) is 18.2. The summed E-state index contributed by atoms with van der Waals surface area (Å²) in [7, 11) is 1.81. The van der Waals surface area contributed by atoms with Gasteiger partial charge in [0.25, 0.3) is 0 Å². The zero-order valence-corrected chi connectivity index (χ0v) is 15.8. The molecule has 0 aromatic heterocycles. The quantitative estimate of drug-likeness (QED) is 0.499. The second-order valence-electron chi connectivity index (χ2n) is 7.20. The fourth-order valence-corrected chi connectivity index (χ4v) is 2.80. The van der Waals surface area contributed by atoms with Crippen LogP contribution in [0.2, 0.25) is 0 Å². The number of rotatable bonds is 4. The van der Waals surface area contributed by atoms with Crippen molar-refractivity contribution in [2.75, 3.05) is 26.7 Å². The Morgan fingerprint density at radius 2 is 1.88 bits per heavy atom. The van der Waals surface area contributed by atoms with E-state index in [1.807, 2.05) is 27.8 Å². The lowest BCUT2D eigenvalue weighted by Gasteiger charge is -2.31. The Balaban J connectivity index is 1.70. The number of aliphatic imine (C=N–C) groups is 1. The number of benzene rings is 1. The second-order valence-corrected chi connectivity index (χ2v) is 7.20. The molecule has 1 aliphatic rings. The smallest absolute Gasteiger partial charge is 0.407 e. The van der Waals surface area contributed by atoms with Gasteiger partial charge in [-0.05, 0) is 44.7 Å². The highest BCUT2D eigenvalue weighted by Crippen LogP contribution is 2.18. The summed E-state index contributed by atoms with van der Waals surface area (Å²) in [5.74, 6) is 0.909. The summed E-state index contributed by atoms with van der Waals surface area (Å²) in [6, 6.07) is 8.56. The number of nitrogens with zero attached hydrogens (tertiary/aromatic N) is 2. The summed E-state index contributed by atoms with van der Waals surface area (Å²) >= 11 is 0. The number of ether oxygens (including phenoxy) is 1. The van der Waals surface area contributed by atoms with Crippen LogP contribution in [-0.4, -0.2) is 49.2 Å². The number of hydrogen-bond acceptors (Lipinski definition) is 3. The van der Waals surface area contributed by atoms with Crippen LogP contribution in [0.1, 0.15) is 38.3 Å². The topological polar surface area (TPSA) is 66.0 Å². The van der Waals surface area contributed by atoms with Crippen molar-refractivity contribution in [2.45, 2.75) is 45.8 Å². The van der Waals surface area contributed by atoms with Crippen LogP contribution in [0.25, 0.3) is 0 Å². The van der Waals surface area contributed by atoms with Crippen molar-refractivity contribution in [3.05, 3.63) is 35.4 Å². The predicted octanol–water partition coefficient (Wildman–Crippen LogP) is 2.53. The minimum Gasteiger partial charge on any atom is -0.444 e. The Bertz CT molecular complexity index is 608. The van der Waals surface area contributed by atoms with Gasteiger partial charge < -0.3 is 20.3 Å². The van der Waals surface area contributed by atoms with Crippen molar-refractivity contribution in [3.63, 3.8) is 0 Å². The van der Waals surface area contributed by atoms with Gasteiger partial charge in [-0.2, -0.15) is 0 Å². The molecule has 0 saturated carbocycles. The van der Waals surface area contributed by atoms with Crippen LogP contribution in [0, 0.1) is 0 Å². The molecule has 2 N–H and O–H groups in total. The third-order valence-electron chi connectivity index (χ3n) is 3.95. The van der Waals surface area contributed by atoms with E-state index < -0.39 is 5.60 Å². The maximum atomic E-state index is 11.6. The van der Waals surface area contributed by atoms with Crippen LogP contribution in [0.3, 0.4) is 0 Å². The maximum Gasteiger partial charge on any atom is 0.407 e. The first kappa shape index (κ1) is 19.1. The molecule has 1 amide bonds. The minimum atomic E-state index is -0.463. The normalized spacial score (nSPS) is 14.7. The summed E-state index contributed by atoms with van der Waals surface area (Å²) < 4.78 is 5.21. The van der Waals surface area contributed by atoms with Crippen molar-refractivity contribution in [1.29, 1.82) is 0 Å². The van der Waals surface area contributed by atoms with Crippen LogP contribution in [-0.2, 0) is 17.7 Å². The standard InChI is InChI=1S/C19H30N4O2/c1-19(2,3)25-18(24)22-12-7-11-21-17(20-4)23-13-10-15-8-5-6-9-16(15)14-23/h5-6,8-9H,7,10-14H2,1-4H3,(H,20,21)(H,22,24). The molecule has 25 heavy (non-hydrogen) atoms. The van der Waals surface area contributed by atoms with Crippen LogP contribution in [0.5, 0.6) is 0 Å². The number of carbonyl (C=O) groups is 1. The van der Waals surface area contributed by atoms with Crippen LogP contribution >= 0.6 is 0 Å². The van der Waals surface area contributed by atoms with E-state index in [9.17, 15) is 4.79 Å². The Morgan fingerprint density at radius 3 is 2.56 bits per heavy atom. The fraction of sp³-hybridized carbons (Fsp3) is 0.579. The first-order valence-electron chi connectivity index (χ1n) is 8.88. The van der Waals surface area contributed by atoms with E-state index in [-0.39, 0.29) is 6.09 Å². The maximum absolute atomic E-state index is 11.6. The van der Waals surface area contributed by atoms with Crippen LogP contribution < -0.4 is 10.6 Å². The number of fused-ring (bicyclic) bond motifs is 1.